The molecule has 1 aliphatic heterocycles. The Balaban J connectivity index is 2.23. The molecular weight excluding hydrogens is 186 g/mol. The average Bonchev–Trinajstić information content (AvgIpc) is 2.78. The van der Waals surface area contributed by atoms with E-state index in [-0.39, 0.29) is 13.2 Å². The van der Waals surface area contributed by atoms with Gasteiger partial charge in [-0.15, -0.1) is 0 Å². The maximum atomic E-state index is 9.83. The lowest BCUT2D eigenvalue weighted by molar-refractivity contribution is -0.0470. The van der Waals surface area contributed by atoms with Crippen LogP contribution in [0.1, 0.15) is 12.8 Å². The second-order valence-corrected chi connectivity index (χ2v) is 4.03. The van der Waals surface area contributed by atoms with Gasteiger partial charge in [-0.05, 0) is 6.42 Å². The summed E-state index contributed by atoms with van der Waals surface area (Å²) < 4.78 is 5.32. The summed E-state index contributed by atoms with van der Waals surface area (Å²) in [6.45, 7) is -0.375. The number of ether oxygens (including phenoxy) is 1. The third kappa shape index (κ3) is 0.916. The first-order valence-corrected chi connectivity index (χ1v) is 4.65. The highest BCUT2D eigenvalue weighted by Gasteiger charge is 2.79. The first kappa shape index (κ1) is 9.87. The van der Waals surface area contributed by atoms with Crippen LogP contribution in [0.25, 0.3) is 0 Å². The predicted molar refractivity (Wildman–Crippen MR) is 45.1 cm³/mol. The molecule has 2 aliphatic rings. The van der Waals surface area contributed by atoms with Crippen molar-refractivity contribution in [2.75, 3.05) is 13.2 Å². The molecule has 0 aromatic heterocycles. The zero-order valence-corrected chi connectivity index (χ0v) is 7.68. The summed E-state index contributed by atoms with van der Waals surface area (Å²) in [4.78, 5) is 0. The van der Waals surface area contributed by atoms with Crippen LogP contribution in [0.2, 0.25) is 0 Å². The molecule has 5 heteroatoms. The highest BCUT2D eigenvalue weighted by Crippen LogP contribution is 2.68. The van der Waals surface area contributed by atoms with Gasteiger partial charge in [0, 0.05) is 18.4 Å². The van der Waals surface area contributed by atoms with E-state index in [2.05, 4.69) is 0 Å². The number of aliphatic hydroxyl groups excluding tert-OH is 3. The second kappa shape index (κ2) is 2.91. The Morgan fingerprint density at radius 2 is 2.21 bits per heavy atom. The van der Waals surface area contributed by atoms with Crippen LogP contribution in [0.4, 0.5) is 0 Å². The van der Waals surface area contributed by atoms with Crippen molar-refractivity contribution in [3.63, 3.8) is 0 Å². The van der Waals surface area contributed by atoms with E-state index in [4.69, 9.17) is 20.2 Å². The smallest absolute Gasteiger partial charge is 0.163 e. The molecule has 0 aromatic rings. The minimum atomic E-state index is -0.970. The van der Waals surface area contributed by atoms with E-state index in [0.717, 1.165) is 0 Å². The molecule has 0 spiro atoms. The SMILES string of the molecule is N#C[C@]12C[C@]1(CCO)[C@H](O)[C@@H](CO)O2. The van der Waals surface area contributed by atoms with Gasteiger partial charge >= 0.3 is 0 Å². The van der Waals surface area contributed by atoms with Gasteiger partial charge in [-0.3, -0.25) is 0 Å². The van der Waals surface area contributed by atoms with Crippen LogP contribution in [0.15, 0.2) is 0 Å². The van der Waals surface area contributed by atoms with Gasteiger partial charge in [0.15, 0.2) is 5.60 Å². The van der Waals surface area contributed by atoms with Gasteiger partial charge in [-0.2, -0.15) is 5.26 Å². The van der Waals surface area contributed by atoms with E-state index in [1.54, 1.807) is 0 Å². The van der Waals surface area contributed by atoms with Crippen molar-refractivity contribution in [3.8, 4) is 6.07 Å². The van der Waals surface area contributed by atoms with Crippen LogP contribution >= 0.6 is 0 Å². The van der Waals surface area contributed by atoms with Gasteiger partial charge in [-0.25, -0.2) is 0 Å². The van der Waals surface area contributed by atoms with E-state index >= 15 is 0 Å². The van der Waals surface area contributed by atoms with Crippen molar-refractivity contribution in [3.05, 3.63) is 0 Å². The van der Waals surface area contributed by atoms with Gasteiger partial charge in [0.2, 0.25) is 0 Å². The molecule has 0 bridgehead atoms. The summed E-state index contributed by atoms with van der Waals surface area (Å²) in [5, 5.41) is 36.5. The third-order valence-corrected chi connectivity index (χ3v) is 3.43. The highest BCUT2D eigenvalue weighted by atomic mass is 16.6. The number of rotatable bonds is 3. The van der Waals surface area contributed by atoms with E-state index in [1.807, 2.05) is 6.07 Å². The molecule has 2 fully saturated rings. The summed E-state index contributed by atoms with van der Waals surface area (Å²) in [6, 6.07) is 2.03. The molecular formula is C9H13NO4. The van der Waals surface area contributed by atoms with Gasteiger partial charge in [0.25, 0.3) is 0 Å². The number of hydrogen-bond donors (Lipinski definition) is 3. The quantitative estimate of drug-likeness (QED) is 0.529. The fraction of sp³-hybridized carbons (Fsp3) is 0.889. The first-order chi connectivity index (χ1) is 6.65. The van der Waals surface area contributed by atoms with Crippen molar-refractivity contribution in [1.29, 1.82) is 5.26 Å². The van der Waals surface area contributed by atoms with Crippen LogP contribution in [-0.4, -0.2) is 46.3 Å². The fourth-order valence-electron chi connectivity index (χ4n) is 2.53. The van der Waals surface area contributed by atoms with Gasteiger partial charge < -0.3 is 20.1 Å². The van der Waals surface area contributed by atoms with Crippen molar-refractivity contribution < 1.29 is 20.1 Å². The fourth-order valence-corrected chi connectivity index (χ4v) is 2.53. The van der Waals surface area contributed by atoms with Crippen molar-refractivity contribution in [1.82, 2.24) is 0 Å². The number of aliphatic hydroxyl groups is 3. The predicted octanol–water partition coefficient (Wildman–Crippen LogP) is -1.23. The Kier molecular flexibility index (Phi) is 2.05. The maximum Gasteiger partial charge on any atom is 0.163 e. The topological polar surface area (TPSA) is 93.7 Å². The molecule has 5 nitrogen and oxygen atoms in total. The molecule has 0 unspecified atom stereocenters. The average molecular weight is 199 g/mol. The number of nitriles is 1. The summed E-state index contributed by atoms with van der Waals surface area (Å²) >= 11 is 0. The summed E-state index contributed by atoms with van der Waals surface area (Å²) in [7, 11) is 0. The normalized spacial score (nSPS) is 49.9. The lowest BCUT2D eigenvalue weighted by Crippen LogP contribution is -2.33. The van der Waals surface area contributed by atoms with Gasteiger partial charge in [0.1, 0.15) is 6.10 Å². The zero-order chi connectivity index (χ0) is 10.4. The monoisotopic (exact) mass is 199 g/mol. The molecule has 14 heavy (non-hydrogen) atoms. The minimum Gasteiger partial charge on any atom is -0.396 e. The lowest BCUT2D eigenvalue weighted by Gasteiger charge is -2.19. The van der Waals surface area contributed by atoms with Crippen LogP contribution in [-0.2, 0) is 4.74 Å². The van der Waals surface area contributed by atoms with Crippen LogP contribution in [0.3, 0.4) is 0 Å². The summed E-state index contributed by atoms with van der Waals surface area (Å²) in [6.07, 6.45) is -0.735. The van der Waals surface area contributed by atoms with Crippen molar-refractivity contribution >= 4 is 0 Å². The molecule has 1 heterocycles. The largest absolute Gasteiger partial charge is 0.396 e. The lowest BCUT2D eigenvalue weighted by atomic mass is 9.91. The standard InChI is InChI=1S/C9H13NO4/c10-5-9-4-8(9,1-2-11)7(13)6(3-12)14-9/h6-7,11-13H,1-4H2/t6-,7-,8-,9-/m1/s1. The number of nitrogens with zero attached hydrogens (tertiary/aromatic N) is 1. The molecule has 2 rings (SSSR count). The number of fused-ring (bicyclic) bond motifs is 1. The Labute approximate surface area is 81.5 Å². The van der Waals surface area contributed by atoms with E-state index in [9.17, 15) is 5.11 Å². The van der Waals surface area contributed by atoms with E-state index < -0.39 is 23.2 Å². The molecule has 0 amide bonds. The van der Waals surface area contributed by atoms with Gasteiger partial charge in [0.05, 0.1) is 18.8 Å². The molecule has 1 saturated carbocycles. The zero-order valence-electron chi connectivity index (χ0n) is 7.68. The summed E-state index contributed by atoms with van der Waals surface area (Å²) in [5.74, 6) is 0. The highest BCUT2D eigenvalue weighted by molar-refractivity contribution is 5.34. The molecule has 1 saturated heterocycles. The van der Waals surface area contributed by atoms with Crippen LogP contribution < -0.4 is 0 Å². The molecule has 3 N–H and O–H groups in total. The van der Waals surface area contributed by atoms with Crippen molar-refractivity contribution in [2.45, 2.75) is 30.7 Å². The minimum absolute atomic E-state index is 0.0814. The second-order valence-electron chi connectivity index (χ2n) is 4.03. The van der Waals surface area contributed by atoms with E-state index in [1.165, 1.54) is 0 Å². The Bertz CT molecular complexity index is 289. The first-order valence-electron chi connectivity index (χ1n) is 4.65. The molecule has 0 aromatic carbocycles. The molecule has 4 atom stereocenters. The molecule has 0 radical (unpaired) electrons. The van der Waals surface area contributed by atoms with Crippen LogP contribution in [0.5, 0.6) is 0 Å². The molecule has 78 valence electrons. The Morgan fingerprint density at radius 1 is 1.50 bits per heavy atom. The summed E-state index contributed by atoms with van der Waals surface area (Å²) in [5.41, 5.74) is -1.62. The van der Waals surface area contributed by atoms with Gasteiger partial charge in [-0.1, -0.05) is 0 Å². The van der Waals surface area contributed by atoms with E-state index in [0.29, 0.717) is 12.8 Å². The number of hydrogen-bond acceptors (Lipinski definition) is 5. The maximum absolute atomic E-state index is 9.83. The Morgan fingerprint density at radius 3 is 2.71 bits per heavy atom. The van der Waals surface area contributed by atoms with Crippen molar-refractivity contribution in [2.24, 2.45) is 5.41 Å². The van der Waals surface area contributed by atoms with Crippen LogP contribution in [0, 0.1) is 16.7 Å². The Hall–Kier alpha value is -0.670. The molecule has 1 aliphatic carbocycles. The third-order valence-electron chi connectivity index (χ3n) is 3.43.